The summed E-state index contributed by atoms with van der Waals surface area (Å²) in [7, 11) is 0. The van der Waals surface area contributed by atoms with Crippen molar-refractivity contribution in [2.75, 3.05) is 23.3 Å². The van der Waals surface area contributed by atoms with Crippen LogP contribution in [0.25, 0.3) is 0 Å². The number of unbranched alkanes of at least 4 members (excludes halogenated alkanes) is 5. The van der Waals surface area contributed by atoms with E-state index in [-0.39, 0.29) is 11.9 Å². The van der Waals surface area contributed by atoms with Crippen LogP contribution in [0.5, 0.6) is 11.5 Å². The topological polar surface area (TPSA) is 70.7 Å². The van der Waals surface area contributed by atoms with Crippen molar-refractivity contribution in [2.24, 2.45) is 0 Å². The molecule has 0 aliphatic carbocycles. The lowest BCUT2D eigenvalue weighted by Crippen LogP contribution is -2.41. The number of urea groups is 1. The predicted octanol–water partition coefficient (Wildman–Crippen LogP) is 7.69. The lowest BCUT2D eigenvalue weighted by Gasteiger charge is -2.24. The summed E-state index contributed by atoms with van der Waals surface area (Å²) in [6, 6.07) is 24.4. The first-order valence-corrected chi connectivity index (χ1v) is 13.3. The molecule has 3 aromatic carbocycles. The lowest BCUT2D eigenvalue weighted by atomic mass is 10.1. The fourth-order valence-electron chi connectivity index (χ4n) is 4.04. The Labute approximate surface area is 221 Å². The monoisotopic (exact) mass is 501 g/mol. The fourth-order valence-corrected chi connectivity index (χ4v) is 4.04. The summed E-state index contributed by atoms with van der Waals surface area (Å²) in [5.74, 6) is 1.46. The van der Waals surface area contributed by atoms with Gasteiger partial charge in [-0.15, -0.1) is 0 Å². The molecule has 0 aliphatic rings. The van der Waals surface area contributed by atoms with Crippen molar-refractivity contribution < 1.29 is 14.3 Å². The third-order valence-corrected chi connectivity index (χ3v) is 6.06. The predicted molar refractivity (Wildman–Crippen MR) is 152 cm³/mol. The minimum atomic E-state index is -0.257. The summed E-state index contributed by atoms with van der Waals surface area (Å²) in [5, 5.41) is 5.95. The first kappa shape index (κ1) is 27.8. The molecule has 2 N–H and O–H groups in total. The molecule has 0 heterocycles. The third-order valence-electron chi connectivity index (χ3n) is 6.06. The van der Waals surface area contributed by atoms with Crippen LogP contribution in [0.3, 0.4) is 0 Å². The van der Waals surface area contributed by atoms with Crippen LogP contribution < -0.4 is 20.3 Å². The van der Waals surface area contributed by atoms with E-state index < -0.39 is 0 Å². The van der Waals surface area contributed by atoms with E-state index in [9.17, 15) is 9.59 Å². The fraction of sp³-hybridized carbons (Fsp3) is 0.355. The van der Waals surface area contributed by atoms with Gasteiger partial charge in [0.15, 0.2) is 0 Å². The van der Waals surface area contributed by atoms with E-state index in [2.05, 4.69) is 17.6 Å². The molecule has 0 atom stereocenters. The molecule has 0 bridgehead atoms. The number of aryl methyl sites for hydroxylation is 1. The summed E-state index contributed by atoms with van der Waals surface area (Å²) in [6.45, 7) is 4.90. The van der Waals surface area contributed by atoms with Crippen molar-refractivity contribution >= 4 is 23.3 Å². The zero-order valence-electron chi connectivity index (χ0n) is 22.0. The molecular weight excluding hydrogens is 462 g/mol. The second kappa shape index (κ2) is 15.3. The number of hydrogen-bond acceptors (Lipinski definition) is 3. The molecule has 0 spiro atoms. The molecule has 6 heteroatoms. The standard InChI is InChI=1S/C31H39N3O3/c1-3-4-5-6-7-11-17-30(35)32-22-23-34(31(36)33-26-14-12-13-25(2)24-26)27-18-20-29(21-19-27)37-28-15-9-8-10-16-28/h8-10,12-16,18-21,24H,3-7,11,17,22-23H2,1-2H3,(H,32,35)(H,33,36). The Morgan fingerprint density at radius 3 is 2.24 bits per heavy atom. The van der Waals surface area contributed by atoms with Crippen molar-refractivity contribution in [2.45, 2.75) is 58.8 Å². The molecule has 0 saturated heterocycles. The highest BCUT2D eigenvalue weighted by atomic mass is 16.5. The maximum absolute atomic E-state index is 13.2. The Balaban J connectivity index is 1.59. The summed E-state index contributed by atoms with van der Waals surface area (Å²) >= 11 is 0. The van der Waals surface area contributed by atoms with Crippen LogP contribution in [0.1, 0.15) is 57.4 Å². The number of nitrogens with one attached hydrogen (secondary N) is 2. The van der Waals surface area contributed by atoms with E-state index in [1.165, 1.54) is 25.7 Å². The van der Waals surface area contributed by atoms with E-state index in [1.807, 2.05) is 85.8 Å². The smallest absolute Gasteiger partial charge is 0.326 e. The molecule has 0 unspecified atom stereocenters. The van der Waals surface area contributed by atoms with Crippen LogP contribution in [-0.2, 0) is 4.79 Å². The second-order valence-electron chi connectivity index (χ2n) is 9.23. The van der Waals surface area contributed by atoms with E-state index >= 15 is 0 Å². The molecule has 3 amide bonds. The summed E-state index contributed by atoms with van der Waals surface area (Å²) in [6.07, 6.45) is 7.39. The van der Waals surface area contributed by atoms with Gasteiger partial charge in [-0.1, -0.05) is 69.4 Å². The van der Waals surface area contributed by atoms with Crippen molar-refractivity contribution in [3.05, 3.63) is 84.4 Å². The Morgan fingerprint density at radius 1 is 0.811 bits per heavy atom. The number of para-hydroxylation sites is 1. The Kier molecular flexibility index (Phi) is 11.5. The van der Waals surface area contributed by atoms with Gasteiger partial charge in [0.1, 0.15) is 11.5 Å². The van der Waals surface area contributed by atoms with Crippen LogP contribution in [-0.4, -0.2) is 25.0 Å². The third kappa shape index (κ3) is 10.00. The van der Waals surface area contributed by atoms with Gasteiger partial charge in [0.05, 0.1) is 0 Å². The van der Waals surface area contributed by atoms with Crippen molar-refractivity contribution in [1.29, 1.82) is 0 Å². The number of nitrogens with zero attached hydrogens (tertiary/aromatic N) is 1. The first-order chi connectivity index (χ1) is 18.0. The Morgan fingerprint density at radius 2 is 1.51 bits per heavy atom. The van der Waals surface area contributed by atoms with E-state index in [4.69, 9.17) is 4.74 Å². The molecule has 0 aliphatic heterocycles. The molecule has 0 saturated carbocycles. The zero-order valence-corrected chi connectivity index (χ0v) is 22.0. The molecule has 37 heavy (non-hydrogen) atoms. The first-order valence-electron chi connectivity index (χ1n) is 13.3. The number of ether oxygens (including phenoxy) is 1. The van der Waals surface area contributed by atoms with E-state index in [1.54, 1.807) is 4.90 Å². The summed E-state index contributed by atoms with van der Waals surface area (Å²) in [4.78, 5) is 27.2. The SMILES string of the molecule is CCCCCCCCC(=O)NCCN(C(=O)Nc1cccc(C)c1)c1ccc(Oc2ccccc2)cc1. The average Bonchev–Trinajstić information content (AvgIpc) is 2.90. The van der Waals surface area contributed by atoms with Gasteiger partial charge in [-0.25, -0.2) is 4.79 Å². The van der Waals surface area contributed by atoms with Crippen LogP contribution in [0.15, 0.2) is 78.9 Å². The van der Waals surface area contributed by atoms with Crippen LogP contribution in [0.4, 0.5) is 16.2 Å². The van der Waals surface area contributed by atoms with E-state index in [0.29, 0.717) is 25.3 Å². The number of hydrogen-bond donors (Lipinski definition) is 2. The summed E-state index contributed by atoms with van der Waals surface area (Å²) < 4.78 is 5.89. The van der Waals surface area contributed by atoms with Crippen molar-refractivity contribution in [3.8, 4) is 11.5 Å². The molecule has 0 fully saturated rings. The zero-order chi connectivity index (χ0) is 26.3. The number of carbonyl (C=O) groups excluding carboxylic acids is 2. The van der Waals surface area contributed by atoms with Crippen LogP contribution in [0.2, 0.25) is 0 Å². The van der Waals surface area contributed by atoms with Crippen molar-refractivity contribution in [1.82, 2.24) is 5.32 Å². The molecule has 0 aromatic heterocycles. The normalized spacial score (nSPS) is 10.5. The van der Waals surface area contributed by atoms with E-state index in [0.717, 1.165) is 35.5 Å². The Bertz CT molecular complexity index is 1100. The highest BCUT2D eigenvalue weighted by molar-refractivity contribution is 6.01. The van der Waals surface area contributed by atoms with Crippen LogP contribution >= 0.6 is 0 Å². The molecule has 6 nitrogen and oxygen atoms in total. The van der Waals surface area contributed by atoms with Crippen LogP contribution in [0, 0.1) is 6.92 Å². The van der Waals surface area contributed by atoms with Gasteiger partial charge in [-0.3, -0.25) is 9.69 Å². The number of anilines is 2. The largest absolute Gasteiger partial charge is 0.457 e. The Hall–Kier alpha value is -3.80. The minimum Gasteiger partial charge on any atom is -0.457 e. The molecule has 3 aromatic rings. The van der Waals surface area contributed by atoms with Gasteiger partial charge in [0.2, 0.25) is 5.91 Å². The minimum absolute atomic E-state index is 0.0288. The number of carbonyl (C=O) groups is 2. The molecule has 0 radical (unpaired) electrons. The highest BCUT2D eigenvalue weighted by Crippen LogP contribution is 2.25. The second-order valence-corrected chi connectivity index (χ2v) is 9.23. The molecular formula is C31H39N3O3. The van der Waals surface area contributed by atoms with Gasteiger partial charge in [0, 0.05) is 30.9 Å². The average molecular weight is 502 g/mol. The molecule has 196 valence electrons. The van der Waals surface area contributed by atoms with Crippen molar-refractivity contribution in [3.63, 3.8) is 0 Å². The maximum atomic E-state index is 13.2. The number of benzene rings is 3. The lowest BCUT2D eigenvalue weighted by molar-refractivity contribution is -0.121. The molecule has 3 rings (SSSR count). The van der Waals surface area contributed by atoms with Gasteiger partial charge in [0.25, 0.3) is 0 Å². The number of amides is 3. The van der Waals surface area contributed by atoms with Gasteiger partial charge in [-0.2, -0.15) is 0 Å². The maximum Gasteiger partial charge on any atom is 0.326 e. The summed E-state index contributed by atoms with van der Waals surface area (Å²) in [5.41, 5.74) is 2.51. The van der Waals surface area contributed by atoms with Gasteiger partial charge < -0.3 is 15.4 Å². The number of rotatable bonds is 14. The highest BCUT2D eigenvalue weighted by Gasteiger charge is 2.17. The van der Waals surface area contributed by atoms with Gasteiger partial charge in [-0.05, 0) is 67.4 Å². The quantitative estimate of drug-likeness (QED) is 0.222. The van der Waals surface area contributed by atoms with Gasteiger partial charge >= 0.3 is 6.03 Å².